The molecule has 1 aliphatic heterocycles. The van der Waals surface area contributed by atoms with E-state index in [0.717, 1.165) is 12.8 Å². The number of alkyl halides is 1. The van der Waals surface area contributed by atoms with E-state index in [1.54, 1.807) is 0 Å². The van der Waals surface area contributed by atoms with Gasteiger partial charge in [-0.25, -0.2) is 0 Å². The van der Waals surface area contributed by atoms with E-state index in [1.807, 2.05) is 0 Å². The molecular weight excluding hydrogens is 224 g/mol. The van der Waals surface area contributed by atoms with Gasteiger partial charge in [-0.05, 0) is 38.5 Å². The van der Waals surface area contributed by atoms with E-state index >= 15 is 0 Å². The molecule has 1 saturated heterocycles. The third kappa shape index (κ3) is 1.57. The number of halogens is 1. The fraction of sp³-hybridized carbons (Fsp3) is 0.923. The molecule has 1 heterocycles. The maximum Gasteiger partial charge on any atom is 0.306 e. The second-order valence-corrected chi connectivity index (χ2v) is 6.82. The summed E-state index contributed by atoms with van der Waals surface area (Å²) in [7, 11) is 0. The first-order chi connectivity index (χ1) is 7.58. The van der Waals surface area contributed by atoms with Gasteiger partial charge in [-0.1, -0.05) is 6.42 Å². The van der Waals surface area contributed by atoms with Crippen LogP contribution in [0.4, 0.5) is 0 Å². The molecule has 0 spiro atoms. The highest BCUT2D eigenvalue weighted by Gasteiger charge is 2.54. The predicted molar refractivity (Wildman–Crippen MR) is 62.3 cm³/mol. The lowest BCUT2D eigenvalue weighted by Gasteiger charge is -2.33. The molecule has 2 nitrogen and oxygen atoms in total. The molecule has 90 valence electrons. The first kappa shape index (κ1) is 10.9. The Morgan fingerprint density at radius 1 is 1.31 bits per heavy atom. The van der Waals surface area contributed by atoms with Gasteiger partial charge in [-0.2, -0.15) is 0 Å². The van der Waals surface area contributed by atoms with Gasteiger partial charge in [-0.3, -0.25) is 4.79 Å². The zero-order valence-corrected chi connectivity index (χ0v) is 10.5. The number of carbonyl (C=O) groups is 1. The summed E-state index contributed by atoms with van der Waals surface area (Å²) in [6, 6.07) is 0. The van der Waals surface area contributed by atoms with Crippen molar-refractivity contribution in [2.75, 3.05) is 0 Å². The minimum atomic E-state index is -0.150. The van der Waals surface area contributed by atoms with E-state index in [-0.39, 0.29) is 16.9 Å². The third-order valence-corrected chi connectivity index (χ3v) is 5.31. The van der Waals surface area contributed by atoms with Crippen LogP contribution in [-0.2, 0) is 9.53 Å². The van der Waals surface area contributed by atoms with Gasteiger partial charge in [0, 0.05) is 16.7 Å². The third-order valence-electron chi connectivity index (χ3n) is 4.87. The van der Waals surface area contributed by atoms with Crippen LogP contribution in [0.2, 0.25) is 0 Å². The largest absolute Gasteiger partial charge is 0.462 e. The summed E-state index contributed by atoms with van der Waals surface area (Å²) in [4.78, 5) is 11.3. The van der Waals surface area contributed by atoms with Gasteiger partial charge >= 0.3 is 5.97 Å². The van der Waals surface area contributed by atoms with E-state index < -0.39 is 0 Å². The molecule has 2 aliphatic carbocycles. The van der Waals surface area contributed by atoms with Crippen molar-refractivity contribution in [1.29, 1.82) is 0 Å². The summed E-state index contributed by atoms with van der Waals surface area (Å²) in [6.07, 6.45) is 6.70. The summed E-state index contributed by atoms with van der Waals surface area (Å²) in [6.45, 7) is 2.13. The number of hydrogen-bond donors (Lipinski definition) is 0. The van der Waals surface area contributed by atoms with Crippen LogP contribution in [0.15, 0.2) is 0 Å². The molecule has 0 N–H and O–H groups in total. The molecular formula is C13H19ClO2. The van der Waals surface area contributed by atoms with E-state index in [0.29, 0.717) is 24.2 Å². The monoisotopic (exact) mass is 242 g/mol. The summed E-state index contributed by atoms with van der Waals surface area (Å²) >= 11 is 6.64. The van der Waals surface area contributed by atoms with Crippen molar-refractivity contribution in [2.45, 2.75) is 56.4 Å². The Hall–Kier alpha value is -0.240. The molecule has 0 bridgehead atoms. The lowest BCUT2D eigenvalue weighted by molar-refractivity contribution is -0.144. The van der Waals surface area contributed by atoms with Crippen molar-refractivity contribution in [3.05, 3.63) is 0 Å². The van der Waals surface area contributed by atoms with E-state index in [2.05, 4.69) is 6.92 Å². The van der Waals surface area contributed by atoms with Crippen LogP contribution < -0.4 is 0 Å². The van der Waals surface area contributed by atoms with Gasteiger partial charge in [0.15, 0.2) is 0 Å². The quantitative estimate of drug-likeness (QED) is 0.482. The highest BCUT2D eigenvalue weighted by Crippen LogP contribution is 2.54. The highest BCUT2D eigenvalue weighted by atomic mass is 35.5. The molecule has 3 heteroatoms. The molecule has 16 heavy (non-hydrogen) atoms. The van der Waals surface area contributed by atoms with Crippen LogP contribution in [0.25, 0.3) is 0 Å². The standard InChI is InChI=1S/C13H19ClO2/c1-13(14)6-5-8-3-2-4-9-7-10(15)16-12(9)11(8)13/h8-9,11-12H,2-7H2,1H3/t8-,9+,11+,12+,13+/m1/s1. The van der Waals surface area contributed by atoms with Gasteiger partial charge in [0.2, 0.25) is 0 Å². The average molecular weight is 243 g/mol. The van der Waals surface area contributed by atoms with E-state index in [9.17, 15) is 4.79 Å². The molecule has 0 radical (unpaired) electrons. The lowest BCUT2D eigenvalue weighted by atomic mass is 9.81. The van der Waals surface area contributed by atoms with Crippen LogP contribution in [-0.4, -0.2) is 16.9 Å². The average Bonchev–Trinajstić information content (AvgIpc) is 2.62. The highest BCUT2D eigenvalue weighted by molar-refractivity contribution is 6.24. The second-order valence-electron chi connectivity index (χ2n) is 5.95. The minimum absolute atomic E-state index is 0.00461. The first-order valence-electron chi connectivity index (χ1n) is 6.46. The molecule has 0 unspecified atom stereocenters. The predicted octanol–water partition coefficient (Wildman–Crippen LogP) is 3.13. The Morgan fingerprint density at radius 2 is 2.06 bits per heavy atom. The number of esters is 1. The summed E-state index contributed by atoms with van der Waals surface area (Å²) in [5, 5.41) is 0. The molecule has 0 aromatic heterocycles. The Morgan fingerprint density at radius 3 is 2.88 bits per heavy atom. The van der Waals surface area contributed by atoms with Crippen molar-refractivity contribution in [2.24, 2.45) is 17.8 Å². The van der Waals surface area contributed by atoms with Gasteiger partial charge < -0.3 is 4.74 Å². The Labute approximate surface area is 102 Å². The van der Waals surface area contributed by atoms with Crippen molar-refractivity contribution in [3.63, 3.8) is 0 Å². The minimum Gasteiger partial charge on any atom is -0.462 e. The zero-order chi connectivity index (χ0) is 11.3. The smallest absolute Gasteiger partial charge is 0.306 e. The number of rotatable bonds is 0. The maximum atomic E-state index is 11.5. The zero-order valence-electron chi connectivity index (χ0n) is 9.75. The summed E-state index contributed by atoms with van der Waals surface area (Å²) in [5.41, 5.74) is 0. The maximum absolute atomic E-state index is 11.5. The van der Waals surface area contributed by atoms with Crippen LogP contribution in [0.3, 0.4) is 0 Å². The number of ether oxygens (including phenoxy) is 1. The molecule has 3 rings (SSSR count). The number of fused-ring (bicyclic) bond motifs is 3. The molecule has 5 atom stereocenters. The van der Waals surface area contributed by atoms with Gasteiger partial charge in [-0.15, -0.1) is 11.6 Å². The van der Waals surface area contributed by atoms with Crippen molar-refractivity contribution >= 4 is 17.6 Å². The first-order valence-corrected chi connectivity index (χ1v) is 6.84. The van der Waals surface area contributed by atoms with Gasteiger partial charge in [0.25, 0.3) is 0 Å². The van der Waals surface area contributed by atoms with Crippen LogP contribution in [0.5, 0.6) is 0 Å². The van der Waals surface area contributed by atoms with Crippen LogP contribution in [0.1, 0.15) is 45.4 Å². The Balaban J connectivity index is 1.91. The second kappa shape index (κ2) is 3.63. The lowest BCUT2D eigenvalue weighted by Crippen LogP contribution is -2.38. The molecule has 0 amide bonds. The van der Waals surface area contributed by atoms with E-state index in [1.165, 1.54) is 19.3 Å². The summed E-state index contributed by atoms with van der Waals surface area (Å²) < 4.78 is 5.57. The molecule has 0 aromatic rings. The summed E-state index contributed by atoms with van der Waals surface area (Å²) in [5.74, 6) is 1.52. The van der Waals surface area contributed by atoms with Crippen LogP contribution in [0, 0.1) is 17.8 Å². The van der Waals surface area contributed by atoms with Crippen molar-refractivity contribution in [3.8, 4) is 0 Å². The van der Waals surface area contributed by atoms with E-state index in [4.69, 9.17) is 16.3 Å². The topological polar surface area (TPSA) is 26.3 Å². The number of hydrogen-bond acceptors (Lipinski definition) is 2. The SMILES string of the molecule is C[C@]1(Cl)CC[C@H]2CCC[C@H]3CC(=O)O[C@@H]3[C@H]21. The normalized spacial score (nSPS) is 51.8. The Kier molecular flexibility index (Phi) is 2.47. The molecule has 3 aliphatic rings. The fourth-order valence-corrected chi connectivity index (χ4v) is 4.55. The van der Waals surface area contributed by atoms with Gasteiger partial charge in [0.05, 0.1) is 6.42 Å². The molecule has 0 aromatic carbocycles. The molecule has 2 saturated carbocycles. The van der Waals surface area contributed by atoms with Crippen molar-refractivity contribution in [1.82, 2.24) is 0 Å². The van der Waals surface area contributed by atoms with Crippen molar-refractivity contribution < 1.29 is 9.53 Å². The number of carbonyl (C=O) groups excluding carboxylic acids is 1. The fourth-order valence-electron chi connectivity index (χ4n) is 4.14. The van der Waals surface area contributed by atoms with Gasteiger partial charge in [0.1, 0.15) is 6.10 Å². The Bertz CT molecular complexity index is 313. The van der Waals surface area contributed by atoms with Crippen LogP contribution >= 0.6 is 11.6 Å². The molecule has 3 fully saturated rings.